The van der Waals surface area contributed by atoms with Gasteiger partial charge in [-0.3, -0.25) is 4.79 Å². The zero-order valence-corrected chi connectivity index (χ0v) is 15.4. The normalized spacial score (nSPS) is 11.9. The highest BCUT2D eigenvalue weighted by atomic mass is 16.5. The molecule has 3 aromatic carbocycles. The monoisotopic (exact) mass is 347 g/mol. The predicted molar refractivity (Wildman–Crippen MR) is 106 cm³/mol. The number of benzene rings is 3. The van der Waals surface area contributed by atoms with Gasteiger partial charge in [0.05, 0.1) is 0 Å². The van der Waals surface area contributed by atoms with Crippen LogP contribution < -0.4 is 10.1 Å². The Morgan fingerprint density at radius 2 is 1.62 bits per heavy atom. The zero-order chi connectivity index (χ0) is 18.4. The molecule has 3 rings (SSSR count). The van der Waals surface area contributed by atoms with E-state index in [1.807, 2.05) is 49.4 Å². The summed E-state index contributed by atoms with van der Waals surface area (Å²) in [6.07, 6.45) is 1.13. The van der Waals surface area contributed by atoms with Crippen molar-refractivity contribution in [2.24, 2.45) is 0 Å². The topological polar surface area (TPSA) is 38.3 Å². The van der Waals surface area contributed by atoms with E-state index >= 15 is 0 Å². The third-order valence-electron chi connectivity index (χ3n) is 4.55. The van der Waals surface area contributed by atoms with E-state index in [9.17, 15) is 4.79 Å². The average Bonchev–Trinajstić information content (AvgIpc) is 2.70. The van der Waals surface area contributed by atoms with Crippen molar-refractivity contribution in [3.8, 4) is 5.75 Å². The Bertz CT molecular complexity index is 871. The number of ether oxygens (including phenoxy) is 1. The van der Waals surface area contributed by atoms with Gasteiger partial charge >= 0.3 is 0 Å². The Morgan fingerprint density at radius 1 is 0.923 bits per heavy atom. The predicted octanol–water partition coefficient (Wildman–Crippen LogP) is 4.88. The third-order valence-corrected chi connectivity index (χ3v) is 4.55. The number of hydrogen-bond acceptors (Lipinski definition) is 2. The molecule has 0 aliphatic carbocycles. The van der Waals surface area contributed by atoms with Crippen LogP contribution in [0.25, 0.3) is 10.8 Å². The summed E-state index contributed by atoms with van der Waals surface area (Å²) in [5, 5.41) is 5.37. The second-order valence-corrected chi connectivity index (χ2v) is 6.41. The van der Waals surface area contributed by atoms with Crippen LogP contribution in [-0.4, -0.2) is 12.0 Å². The first kappa shape index (κ1) is 18.0. The minimum absolute atomic E-state index is 0.0831. The second-order valence-electron chi connectivity index (χ2n) is 6.41. The van der Waals surface area contributed by atoms with Gasteiger partial charge in [-0.1, -0.05) is 62.4 Å². The zero-order valence-electron chi connectivity index (χ0n) is 15.4. The molecule has 0 aliphatic heterocycles. The molecule has 0 saturated heterocycles. The van der Waals surface area contributed by atoms with Gasteiger partial charge < -0.3 is 10.1 Å². The van der Waals surface area contributed by atoms with Crippen LogP contribution in [0.15, 0.2) is 66.7 Å². The maximum Gasteiger partial charge on any atom is 0.261 e. The summed E-state index contributed by atoms with van der Waals surface area (Å²) in [5.74, 6) is 0.648. The minimum atomic E-state index is -0.483. The fraction of sp³-hybridized carbons (Fsp3) is 0.261. The van der Waals surface area contributed by atoms with Gasteiger partial charge in [0.25, 0.3) is 5.91 Å². The molecule has 0 aromatic heterocycles. The molecule has 1 N–H and O–H groups in total. The van der Waals surface area contributed by atoms with Gasteiger partial charge in [0.2, 0.25) is 0 Å². The largest absolute Gasteiger partial charge is 0.481 e. The lowest BCUT2D eigenvalue weighted by molar-refractivity contribution is -0.128. The van der Waals surface area contributed by atoms with E-state index in [1.54, 1.807) is 0 Å². The lowest BCUT2D eigenvalue weighted by Gasteiger charge is -2.17. The summed E-state index contributed by atoms with van der Waals surface area (Å²) in [5.41, 5.74) is 2.34. The molecule has 1 amide bonds. The van der Waals surface area contributed by atoms with E-state index in [-0.39, 0.29) is 5.91 Å². The Labute approximate surface area is 155 Å². The lowest BCUT2D eigenvalue weighted by atomic mass is 10.1. The third kappa shape index (κ3) is 4.42. The number of hydrogen-bond donors (Lipinski definition) is 1. The summed E-state index contributed by atoms with van der Waals surface area (Å²) >= 11 is 0. The number of rotatable bonds is 7. The summed E-state index contributed by atoms with van der Waals surface area (Å²) in [6, 6.07) is 22.4. The number of carbonyl (C=O) groups excluding carboxylic acids is 1. The van der Waals surface area contributed by atoms with Crippen molar-refractivity contribution in [3.05, 3.63) is 77.9 Å². The second kappa shape index (κ2) is 8.52. The van der Waals surface area contributed by atoms with Gasteiger partial charge in [0.15, 0.2) is 6.10 Å². The Hall–Kier alpha value is -2.81. The molecule has 0 heterocycles. The molecule has 3 heteroatoms. The fourth-order valence-electron chi connectivity index (χ4n) is 2.94. The molecule has 0 bridgehead atoms. The Kier molecular flexibility index (Phi) is 5.90. The number of aryl methyl sites for hydroxylation is 1. The highest BCUT2D eigenvalue weighted by molar-refractivity contribution is 5.83. The van der Waals surface area contributed by atoms with E-state index in [0.29, 0.717) is 13.0 Å². The van der Waals surface area contributed by atoms with Gasteiger partial charge in [-0.05, 0) is 52.9 Å². The van der Waals surface area contributed by atoms with Crippen LogP contribution in [0, 0.1) is 0 Å². The van der Waals surface area contributed by atoms with Crippen molar-refractivity contribution in [1.82, 2.24) is 5.32 Å². The summed E-state index contributed by atoms with van der Waals surface area (Å²) < 4.78 is 5.87. The lowest BCUT2D eigenvalue weighted by Crippen LogP contribution is -2.37. The van der Waals surface area contributed by atoms with Gasteiger partial charge in [-0.2, -0.15) is 0 Å². The maximum atomic E-state index is 12.5. The van der Waals surface area contributed by atoms with Crippen LogP contribution in [0.3, 0.4) is 0 Å². The maximum absolute atomic E-state index is 12.5. The summed E-state index contributed by atoms with van der Waals surface area (Å²) in [7, 11) is 0. The molecule has 26 heavy (non-hydrogen) atoms. The molecule has 0 radical (unpaired) electrons. The molecule has 0 aliphatic rings. The van der Waals surface area contributed by atoms with Crippen LogP contribution in [0.1, 0.15) is 31.4 Å². The smallest absolute Gasteiger partial charge is 0.261 e. The number of amides is 1. The fourth-order valence-corrected chi connectivity index (χ4v) is 2.94. The molecule has 0 spiro atoms. The SMILES string of the molecule is CCc1ccc(OC(CC)C(=O)NCc2ccc3ccccc3c2)cc1. The van der Waals surface area contributed by atoms with E-state index in [4.69, 9.17) is 4.74 Å². The molecule has 1 unspecified atom stereocenters. The van der Waals surface area contributed by atoms with Crippen molar-refractivity contribution in [2.45, 2.75) is 39.3 Å². The quantitative estimate of drug-likeness (QED) is 0.662. The van der Waals surface area contributed by atoms with Crippen molar-refractivity contribution in [3.63, 3.8) is 0 Å². The van der Waals surface area contributed by atoms with Gasteiger partial charge in [-0.25, -0.2) is 0 Å². The van der Waals surface area contributed by atoms with Gasteiger partial charge in [-0.15, -0.1) is 0 Å². The van der Waals surface area contributed by atoms with Crippen LogP contribution >= 0.6 is 0 Å². The van der Waals surface area contributed by atoms with E-state index in [2.05, 4.69) is 36.5 Å². The van der Waals surface area contributed by atoms with E-state index < -0.39 is 6.10 Å². The number of carbonyl (C=O) groups is 1. The molecule has 0 fully saturated rings. The highest BCUT2D eigenvalue weighted by Gasteiger charge is 2.18. The number of nitrogens with one attached hydrogen (secondary N) is 1. The Balaban J connectivity index is 1.60. The first-order valence-electron chi connectivity index (χ1n) is 9.20. The molecular weight excluding hydrogens is 322 g/mol. The molecule has 134 valence electrons. The molecule has 3 aromatic rings. The van der Waals surface area contributed by atoms with E-state index in [1.165, 1.54) is 16.3 Å². The van der Waals surface area contributed by atoms with Crippen LogP contribution in [0.2, 0.25) is 0 Å². The number of fused-ring (bicyclic) bond motifs is 1. The molecule has 3 nitrogen and oxygen atoms in total. The van der Waals surface area contributed by atoms with Crippen LogP contribution in [-0.2, 0) is 17.8 Å². The van der Waals surface area contributed by atoms with Gasteiger partial charge in [0.1, 0.15) is 5.75 Å². The van der Waals surface area contributed by atoms with Crippen molar-refractivity contribution in [2.75, 3.05) is 0 Å². The van der Waals surface area contributed by atoms with Gasteiger partial charge in [0, 0.05) is 6.54 Å². The first-order valence-corrected chi connectivity index (χ1v) is 9.20. The molecule has 0 saturated carbocycles. The van der Waals surface area contributed by atoms with Crippen molar-refractivity contribution >= 4 is 16.7 Å². The molecule has 1 atom stereocenters. The molecular formula is C23H25NO2. The summed E-state index contributed by atoms with van der Waals surface area (Å²) in [6.45, 7) is 4.57. The van der Waals surface area contributed by atoms with Crippen molar-refractivity contribution < 1.29 is 9.53 Å². The standard InChI is InChI=1S/C23H25NO2/c1-3-17-10-13-21(14-11-17)26-22(4-2)23(25)24-16-18-9-12-19-7-5-6-8-20(19)15-18/h5-15,22H,3-4,16H2,1-2H3,(H,24,25). The highest BCUT2D eigenvalue weighted by Crippen LogP contribution is 2.17. The average molecular weight is 347 g/mol. The first-order chi connectivity index (χ1) is 12.7. The minimum Gasteiger partial charge on any atom is -0.481 e. The van der Waals surface area contributed by atoms with Crippen LogP contribution in [0.4, 0.5) is 0 Å². The van der Waals surface area contributed by atoms with Crippen molar-refractivity contribution in [1.29, 1.82) is 0 Å². The summed E-state index contributed by atoms with van der Waals surface area (Å²) in [4.78, 5) is 12.5. The van der Waals surface area contributed by atoms with E-state index in [0.717, 1.165) is 17.7 Å². The van der Waals surface area contributed by atoms with Crippen LogP contribution in [0.5, 0.6) is 5.75 Å². The Morgan fingerprint density at radius 3 is 2.31 bits per heavy atom.